The molecule has 23 heavy (non-hydrogen) atoms. The molecule has 1 aliphatic carbocycles. The van der Waals surface area contributed by atoms with Gasteiger partial charge in [0.2, 0.25) is 11.8 Å². The summed E-state index contributed by atoms with van der Waals surface area (Å²) in [4.78, 5) is 24.1. The van der Waals surface area contributed by atoms with E-state index in [-0.39, 0.29) is 30.3 Å². The maximum atomic E-state index is 12.0. The maximum absolute atomic E-state index is 12.0. The lowest BCUT2D eigenvalue weighted by molar-refractivity contribution is -0.129. The molecule has 0 radical (unpaired) electrons. The Morgan fingerprint density at radius 1 is 1.22 bits per heavy atom. The van der Waals surface area contributed by atoms with Gasteiger partial charge in [-0.25, -0.2) is 0 Å². The molecule has 0 saturated heterocycles. The molecule has 1 aromatic carbocycles. The molecule has 0 aromatic heterocycles. The molecule has 1 saturated carbocycles. The summed E-state index contributed by atoms with van der Waals surface area (Å²) in [5, 5.41) is 5.65. The summed E-state index contributed by atoms with van der Waals surface area (Å²) in [5.74, 6) is 0.632. The van der Waals surface area contributed by atoms with E-state index in [0.717, 1.165) is 37.0 Å². The Labute approximate surface area is 137 Å². The van der Waals surface area contributed by atoms with Gasteiger partial charge in [-0.15, -0.1) is 0 Å². The van der Waals surface area contributed by atoms with Gasteiger partial charge in [-0.1, -0.05) is 37.5 Å². The number of benzene rings is 1. The van der Waals surface area contributed by atoms with Crippen molar-refractivity contribution in [3.8, 4) is 5.75 Å². The molecule has 126 valence electrons. The van der Waals surface area contributed by atoms with Crippen LogP contribution in [0.25, 0.3) is 0 Å². The molecule has 0 heterocycles. The van der Waals surface area contributed by atoms with Crippen LogP contribution in [-0.4, -0.2) is 25.5 Å². The van der Waals surface area contributed by atoms with E-state index in [1.807, 2.05) is 31.2 Å². The van der Waals surface area contributed by atoms with Crippen molar-refractivity contribution in [2.24, 2.45) is 5.92 Å². The quantitative estimate of drug-likeness (QED) is 0.847. The highest BCUT2D eigenvalue weighted by atomic mass is 16.5. The topological polar surface area (TPSA) is 67.4 Å². The van der Waals surface area contributed by atoms with E-state index in [2.05, 4.69) is 10.6 Å². The van der Waals surface area contributed by atoms with Crippen LogP contribution in [0.15, 0.2) is 24.3 Å². The van der Waals surface area contributed by atoms with Crippen molar-refractivity contribution < 1.29 is 14.3 Å². The Hall–Kier alpha value is -2.04. The van der Waals surface area contributed by atoms with Crippen molar-refractivity contribution in [2.75, 3.05) is 13.7 Å². The molecule has 1 fully saturated rings. The normalized spacial score (nSPS) is 16.4. The first-order valence-corrected chi connectivity index (χ1v) is 8.31. The molecular weight excluding hydrogens is 292 g/mol. The van der Waals surface area contributed by atoms with Gasteiger partial charge in [-0.05, 0) is 25.8 Å². The Morgan fingerprint density at radius 3 is 2.61 bits per heavy atom. The van der Waals surface area contributed by atoms with E-state index >= 15 is 0 Å². The van der Waals surface area contributed by atoms with Crippen LogP contribution in [0.5, 0.6) is 5.75 Å². The molecule has 0 unspecified atom stereocenters. The summed E-state index contributed by atoms with van der Waals surface area (Å²) in [5.41, 5.74) is 0.918. The molecule has 2 rings (SSSR count). The van der Waals surface area contributed by atoms with Crippen molar-refractivity contribution in [1.29, 1.82) is 0 Å². The monoisotopic (exact) mass is 318 g/mol. The van der Waals surface area contributed by atoms with Crippen molar-refractivity contribution in [3.63, 3.8) is 0 Å². The lowest BCUT2D eigenvalue weighted by atomic mass is 9.89. The molecule has 2 amide bonds. The van der Waals surface area contributed by atoms with Crippen LogP contribution in [0.1, 0.15) is 50.6 Å². The fourth-order valence-electron chi connectivity index (χ4n) is 3.07. The van der Waals surface area contributed by atoms with Gasteiger partial charge in [-0.2, -0.15) is 0 Å². The summed E-state index contributed by atoms with van der Waals surface area (Å²) in [6.45, 7) is 1.92. The zero-order chi connectivity index (χ0) is 16.7. The van der Waals surface area contributed by atoms with E-state index in [0.29, 0.717) is 0 Å². The van der Waals surface area contributed by atoms with Crippen LogP contribution in [0, 0.1) is 5.92 Å². The zero-order valence-electron chi connectivity index (χ0n) is 13.9. The molecule has 1 atom stereocenters. The lowest BCUT2D eigenvalue weighted by Gasteiger charge is -2.21. The minimum atomic E-state index is -0.187. The number of nitrogens with one attached hydrogen (secondary N) is 2. The average molecular weight is 318 g/mol. The smallest absolute Gasteiger partial charge is 0.239 e. The number of carbonyl (C=O) groups excluding carboxylic acids is 2. The summed E-state index contributed by atoms with van der Waals surface area (Å²) in [7, 11) is 1.61. The van der Waals surface area contributed by atoms with Gasteiger partial charge >= 0.3 is 0 Å². The average Bonchev–Trinajstić information content (AvgIpc) is 2.60. The van der Waals surface area contributed by atoms with Gasteiger partial charge in [0, 0.05) is 11.5 Å². The summed E-state index contributed by atoms with van der Waals surface area (Å²) in [6.07, 6.45) is 5.29. The number of methoxy groups -OCH3 is 1. The zero-order valence-corrected chi connectivity index (χ0v) is 13.9. The van der Waals surface area contributed by atoms with Crippen molar-refractivity contribution >= 4 is 11.8 Å². The number of ether oxygens (including phenoxy) is 1. The second-order valence-corrected chi connectivity index (χ2v) is 6.08. The highest BCUT2D eigenvalue weighted by Crippen LogP contribution is 2.24. The molecular formula is C18H26N2O3. The van der Waals surface area contributed by atoms with Gasteiger partial charge in [0.15, 0.2) is 0 Å². The molecule has 1 aromatic rings. The molecule has 2 N–H and O–H groups in total. The Kier molecular flexibility index (Phi) is 6.44. The third kappa shape index (κ3) is 4.98. The highest BCUT2D eigenvalue weighted by Gasteiger charge is 2.21. The minimum absolute atomic E-state index is 0.00444. The number of amides is 2. The Bertz CT molecular complexity index is 539. The lowest BCUT2D eigenvalue weighted by Crippen LogP contribution is -2.40. The standard InChI is InChI=1S/C18H26N2O3/c1-13(15-10-6-7-11-16(15)23-2)20-17(21)12-19-18(22)14-8-4-3-5-9-14/h6-7,10-11,13-14H,3-5,8-9,12H2,1-2H3,(H,19,22)(H,20,21)/t13-/m1/s1. The van der Waals surface area contributed by atoms with Gasteiger partial charge in [0.1, 0.15) is 5.75 Å². The van der Waals surface area contributed by atoms with Gasteiger partial charge in [-0.3, -0.25) is 9.59 Å². The first-order chi connectivity index (χ1) is 11.1. The predicted molar refractivity (Wildman–Crippen MR) is 89.1 cm³/mol. The van der Waals surface area contributed by atoms with Crippen LogP contribution in [0.2, 0.25) is 0 Å². The van der Waals surface area contributed by atoms with Crippen LogP contribution in [-0.2, 0) is 9.59 Å². The van der Waals surface area contributed by atoms with E-state index in [4.69, 9.17) is 4.74 Å². The Balaban J connectivity index is 1.81. The van der Waals surface area contributed by atoms with Gasteiger partial charge in [0.25, 0.3) is 0 Å². The second kappa shape index (κ2) is 8.56. The van der Waals surface area contributed by atoms with Gasteiger partial charge in [0.05, 0.1) is 19.7 Å². The van der Waals surface area contributed by atoms with Crippen molar-refractivity contribution in [2.45, 2.75) is 45.1 Å². The fraction of sp³-hybridized carbons (Fsp3) is 0.556. The van der Waals surface area contributed by atoms with Crippen LogP contribution in [0.3, 0.4) is 0 Å². The Morgan fingerprint density at radius 2 is 1.91 bits per heavy atom. The first kappa shape index (κ1) is 17.3. The molecule has 0 spiro atoms. The van der Waals surface area contributed by atoms with Crippen LogP contribution < -0.4 is 15.4 Å². The van der Waals surface area contributed by atoms with Gasteiger partial charge < -0.3 is 15.4 Å². The van der Waals surface area contributed by atoms with E-state index < -0.39 is 0 Å². The highest BCUT2D eigenvalue weighted by molar-refractivity contribution is 5.86. The summed E-state index contributed by atoms with van der Waals surface area (Å²) in [6, 6.07) is 7.41. The number of para-hydroxylation sites is 1. The van der Waals surface area contributed by atoms with E-state index in [1.54, 1.807) is 7.11 Å². The SMILES string of the molecule is COc1ccccc1[C@@H](C)NC(=O)CNC(=O)C1CCCCC1. The van der Waals surface area contributed by atoms with Crippen molar-refractivity contribution in [3.05, 3.63) is 29.8 Å². The third-order valence-electron chi connectivity index (χ3n) is 4.38. The largest absolute Gasteiger partial charge is 0.496 e. The molecule has 5 heteroatoms. The number of carbonyl (C=O) groups is 2. The fourth-order valence-corrected chi connectivity index (χ4v) is 3.07. The van der Waals surface area contributed by atoms with Crippen LogP contribution >= 0.6 is 0 Å². The minimum Gasteiger partial charge on any atom is -0.496 e. The third-order valence-corrected chi connectivity index (χ3v) is 4.38. The van der Waals surface area contributed by atoms with E-state index in [1.165, 1.54) is 6.42 Å². The molecule has 1 aliphatic rings. The summed E-state index contributed by atoms with van der Waals surface area (Å²) < 4.78 is 5.30. The maximum Gasteiger partial charge on any atom is 0.239 e. The number of hydrogen-bond acceptors (Lipinski definition) is 3. The first-order valence-electron chi connectivity index (χ1n) is 8.31. The molecule has 5 nitrogen and oxygen atoms in total. The number of rotatable bonds is 6. The van der Waals surface area contributed by atoms with Crippen LogP contribution in [0.4, 0.5) is 0 Å². The van der Waals surface area contributed by atoms with E-state index in [9.17, 15) is 9.59 Å². The molecule has 0 aliphatic heterocycles. The second-order valence-electron chi connectivity index (χ2n) is 6.08. The molecule has 0 bridgehead atoms. The predicted octanol–water partition coefficient (Wildman–Crippen LogP) is 2.57. The van der Waals surface area contributed by atoms with Crippen molar-refractivity contribution in [1.82, 2.24) is 10.6 Å². The number of hydrogen-bond donors (Lipinski definition) is 2. The summed E-state index contributed by atoms with van der Waals surface area (Å²) >= 11 is 0.